The highest BCUT2D eigenvalue weighted by Crippen LogP contribution is 2.33. The van der Waals surface area contributed by atoms with Crippen LogP contribution in [0.3, 0.4) is 0 Å². The van der Waals surface area contributed by atoms with E-state index < -0.39 is 11.6 Å². The molecule has 0 amide bonds. The third-order valence-corrected chi connectivity index (χ3v) is 7.35. The van der Waals surface area contributed by atoms with Crippen molar-refractivity contribution in [3.63, 3.8) is 0 Å². The van der Waals surface area contributed by atoms with Gasteiger partial charge in [0.15, 0.2) is 5.82 Å². The van der Waals surface area contributed by atoms with Gasteiger partial charge < -0.3 is 4.90 Å². The van der Waals surface area contributed by atoms with Gasteiger partial charge >= 0.3 is 0 Å². The smallest absolute Gasteiger partial charge is 0.151 e. The van der Waals surface area contributed by atoms with Crippen molar-refractivity contribution in [2.45, 2.75) is 84.1 Å². The summed E-state index contributed by atoms with van der Waals surface area (Å²) >= 11 is 0. The summed E-state index contributed by atoms with van der Waals surface area (Å²) in [5, 5.41) is 9.15. The van der Waals surface area contributed by atoms with E-state index >= 15 is 0 Å². The van der Waals surface area contributed by atoms with E-state index in [1.165, 1.54) is 69.6 Å². The first-order valence-corrected chi connectivity index (χ1v) is 14.3. The first kappa shape index (κ1) is 27.9. The summed E-state index contributed by atoms with van der Waals surface area (Å²) in [4.78, 5) is 7.05. The highest BCUT2D eigenvalue weighted by molar-refractivity contribution is 6.02. The zero-order chi connectivity index (χ0) is 26.7. The van der Waals surface area contributed by atoms with Crippen molar-refractivity contribution in [2.24, 2.45) is 4.99 Å². The fraction of sp³-hybridized carbons (Fsp3) is 0.469. The molecule has 0 radical (unpaired) electrons. The molecule has 0 N–H and O–H groups in total. The third kappa shape index (κ3) is 7.24. The van der Waals surface area contributed by atoms with Crippen LogP contribution in [0, 0.1) is 11.6 Å². The Morgan fingerprint density at radius 1 is 0.763 bits per heavy atom. The number of anilines is 1. The number of nitrogens with zero attached hydrogens (tertiary/aromatic N) is 4. The van der Waals surface area contributed by atoms with Gasteiger partial charge in [0.25, 0.3) is 0 Å². The van der Waals surface area contributed by atoms with Gasteiger partial charge in [-0.05, 0) is 55.5 Å². The van der Waals surface area contributed by atoms with Crippen LogP contribution in [0.4, 0.5) is 14.6 Å². The van der Waals surface area contributed by atoms with Crippen molar-refractivity contribution < 1.29 is 8.78 Å². The van der Waals surface area contributed by atoms with Crippen molar-refractivity contribution in [3.8, 4) is 11.3 Å². The topological polar surface area (TPSA) is 41.4 Å². The molecule has 6 heteroatoms. The summed E-state index contributed by atoms with van der Waals surface area (Å²) in [6, 6.07) is 16.1. The minimum Gasteiger partial charge on any atom is -0.355 e. The van der Waals surface area contributed by atoms with Gasteiger partial charge in [-0.3, -0.25) is 4.99 Å². The average Bonchev–Trinajstić information content (AvgIpc) is 3.42. The first-order valence-electron chi connectivity index (χ1n) is 14.3. The first-order chi connectivity index (χ1) is 18.6. The molecule has 0 bridgehead atoms. The number of rotatable bonds is 14. The van der Waals surface area contributed by atoms with E-state index in [0.717, 1.165) is 42.1 Å². The highest BCUT2D eigenvalue weighted by atomic mass is 19.1. The predicted octanol–water partition coefficient (Wildman–Crippen LogP) is 8.71. The van der Waals surface area contributed by atoms with Gasteiger partial charge in [-0.1, -0.05) is 82.7 Å². The van der Waals surface area contributed by atoms with E-state index in [4.69, 9.17) is 0 Å². The molecule has 0 spiro atoms. The van der Waals surface area contributed by atoms with Crippen LogP contribution in [0.25, 0.3) is 11.3 Å². The van der Waals surface area contributed by atoms with Crippen LogP contribution in [0.15, 0.2) is 59.6 Å². The van der Waals surface area contributed by atoms with Crippen molar-refractivity contribution in [1.29, 1.82) is 0 Å². The van der Waals surface area contributed by atoms with E-state index in [2.05, 4.69) is 46.1 Å². The molecule has 1 aliphatic heterocycles. The molecule has 202 valence electrons. The average molecular weight is 519 g/mol. The standard InChI is InChI=1S/C32H40F2N4/c1-3-5-7-9-22-38(23-10-8-6-4-2)31-21-20-29(36-37-31)25-16-14-24(15-17-25)28-18-19-30(35-28)32-26(33)12-11-13-27(32)34/h11-17,20-21,28H,3-10,18-19,22-23H2,1-2H3. The number of hydrogen-bond acceptors (Lipinski definition) is 4. The van der Waals surface area contributed by atoms with Crippen molar-refractivity contribution >= 4 is 11.5 Å². The lowest BCUT2D eigenvalue weighted by Gasteiger charge is -2.23. The highest BCUT2D eigenvalue weighted by Gasteiger charge is 2.24. The molecule has 2 aromatic carbocycles. The minimum absolute atomic E-state index is 0.00625. The molecule has 0 fully saturated rings. The van der Waals surface area contributed by atoms with Gasteiger partial charge in [0.2, 0.25) is 0 Å². The van der Waals surface area contributed by atoms with Gasteiger partial charge in [0, 0.05) is 24.4 Å². The largest absolute Gasteiger partial charge is 0.355 e. The molecule has 4 rings (SSSR count). The summed E-state index contributed by atoms with van der Waals surface area (Å²) in [5.74, 6) is -0.156. The van der Waals surface area contributed by atoms with Crippen LogP contribution in [0.5, 0.6) is 0 Å². The van der Waals surface area contributed by atoms with E-state index in [1.54, 1.807) is 0 Å². The van der Waals surface area contributed by atoms with Crippen molar-refractivity contribution in [1.82, 2.24) is 10.2 Å². The zero-order valence-corrected chi connectivity index (χ0v) is 22.8. The number of aromatic nitrogens is 2. The summed E-state index contributed by atoms with van der Waals surface area (Å²) in [6.07, 6.45) is 11.2. The van der Waals surface area contributed by atoms with Crippen molar-refractivity contribution in [2.75, 3.05) is 18.0 Å². The van der Waals surface area contributed by atoms with Crippen LogP contribution in [0.1, 0.15) is 95.2 Å². The van der Waals surface area contributed by atoms with E-state index in [-0.39, 0.29) is 11.6 Å². The Labute approximate surface area is 226 Å². The lowest BCUT2D eigenvalue weighted by atomic mass is 10.0. The Bertz CT molecular complexity index is 1140. The zero-order valence-electron chi connectivity index (χ0n) is 22.8. The maximum Gasteiger partial charge on any atom is 0.151 e. The van der Waals surface area contributed by atoms with E-state index in [1.807, 2.05) is 24.3 Å². The molecule has 2 heterocycles. The lowest BCUT2D eigenvalue weighted by molar-refractivity contribution is 0.578. The van der Waals surface area contributed by atoms with Gasteiger partial charge in [-0.2, -0.15) is 0 Å². The second kappa shape index (κ2) is 14.1. The normalized spacial score (nSPS) is 15.1. The molecule has 3 aromatic rings. The Hall–Kier alpha value is -3.15. The maximum atomic E-state index is 14.2. The maximum absolute atomic E-state index is 14.2. The summed E-state index contributed by atoms with van der Waals surface area (Å²) in [7, 11) is 0. The van der Waals surface area contributed by atoms with Crippen LogP contribution < -0.4 is 4.90 Å². The molecule has 0 aliphatic carbocycles. The number of aliphatic imine (C=N–C) groups is 1. The quantitative estimate of drug-likeness (QED) is 0.200. The molecule has 38 heavy (non-hydrogen) atoms. The van der Waals surface area contributed by atoms with Crippen LogP contribution in [-0.2, 0) is 0 Å². The molecular weight excluding hydrogens is 478 g/mol. The van der Waals surface area contributed by atoms with Gasteiger partial charge in [0.1, 0.15) is 11.6 Å². The molecular formula is C32H40F2N4. The number of halogens is 2. The molecule has 1 atom stereocenters. The van der Waals surface area contributed by atoms with E-state index in [9.17, 15) is 8.78 Å². The lowest BCUT2D eigenvalue weighted by Crippen LogP contribution is -2.27. The fourth-order valence-electron chi connectivity index (χ4n) is 5.12. The number of hydrogen-bond donors (Lipinski definition) is 0. The Balaban J connectivity index is 1.42. The molecule has 4 nitrogen and oxygen atoms in total. The van der Waals surface area contributed by atoms with Crippen molar-refractivity contribution in [3.05, 3.63) is 77.4 Å². The summed E-state index contributed by atoms with van der Waals surface area (Å²) in [6.45, 7) is 6.53. The molecule has 1 aliphatic rings. The van der Waals surface area contributed by atoms with Crippen LogP contribution in [0.2, 0.25) is 0 Å². The van der Waals surface area contributed by atoms with Crippen LogP contribution >= 0.6 is 0 Å². The van der Waals surface area contributed by atoms with Gasteiger partial charge in [0.05, 0.1) is 17.3 Å². The van der Waals surface area contributed by atoms with Crippen LogP contribution in [-0.4, -0.2) is 29.0 Å². The second-order valence-electron chi connectivity index (χ2n) is 10.2. The fourth-order valence-corrected chi connectivity index (χ4v) is 5.12. The summed E-state index contributed by atoms with van der Waals surface area (Å²) < 4.78 is 28.4. The second-order valence-corrected chi connectivity index (χ2v) is 10.2. The Morgan fingerprint density at radius 3 is 2.00 bits per heavy atom. The number of benzene rings is 2. The summed E-state index contributed by atoms with van der Waals surface area (Å²) in [5.41, 5.74) is 3.38. The minimum atomic E-state index is -0.553. The SMILES string of the molecule is CCCCCCN(CCCCCC)c1ccc(-c2ccc(C3CCC(c4c(F)cccc4F)=N3)cc2)nn1. The van der Waals surface area contributed by atoms with Gasteiger partial charge in [-0.25, -0.2) is 8.78 Å². The predicted molar refractivity (Wildman–Crippen MR) is 153 cm³/mol. The Morgan fingerprint density at radius 2 is 1.42 bits per heavy atom. The molecule has 1 aromatic heterocycles. The third-order valence-electron chi connectivity index (χ3n) is 7.35. The molecule has 0 saturated carbocycles. The molecule has 0 saturated heterocycles. The molecule has 1 unspecified atom stereocenters. The Kier molecular flexibility index (Phi) is 10.4. The monoisotopic (exact) mass is 518 g/mol. The number of unbranched alkanes of at least 4 members (excludes halogenated alkanes) is 6. The van der Waals surface area contributed by atoms with E-state index in [0.29, 0.717) is 12.1 Å². The van der Waals surface area contributed by atoms with Gasteiger partial charge in [-0.15, -0.1) is 10.2 Å².